The Labute approximate surface area is 204 Å². The van der Waals surface area contributed by atoms with Crippen LogP contribution in [0.3, 0.4) is 0 Å². The lowest BCUT2D eigenvalue weighted by atomic mass is 9.97. The molecule has 0 saturated heterocycles. The van der Waals surface area contributed by atoms with Gasteiger partial charge in [0, 0.05) is 11.6 Å². The minimum absolute atomic E-state index is 0.0320. The molecule has 0 aliphatic carbocycles. The van der Waals surface area contributed by atoms with Gasteiger partial charge in [0.15, 0.2) is 34.8 Å². The van der Waals surface area contributed by atoms with Crippen LogP contribution in [0.5, 0.6) is 5.75 Å². The molecule has 0 aliphatic heterocycles. The van der Waals surface area contributed by atoms with E-state index in [1.807, 2.05) is 31.2 Å². The molecule has 0 amide bonds. The maximum absolute atomic E-state index is 14.9. The fraction of sp³-hybridized carbons (Fsp3) is 0.143. The Morgan fingerprint density at radius 2 is 1.22 bits per heavy atom. The van der Waals surface area contributed by atoms with Crippen molar-refractivity contribution in [3.8, 4) is 28.0 Å². The van der Waals surface area contributed by atoms with Gasteiger partial charge >= 0.3 is 0 Å². The van der Waals surface area contributed by atoms with Crippen LogP contribution in [0.2, 0.25) is 0 Å². The number of ether oxygens (including phenoxy) is 1. The highest BCUT2D eigenvalue weighted by Crippen LogP contribution is 2.33. The van der Waals surface area contributed by atoms with E-state index in [1.165, 1.54) is 12.1 Å². The maximum atomic E-state index is 14.9. The quantitative estimate of drug-likeness (QED) is 0.207. The molecule has 0 aromatic heterocycles. The van der Waals surface area contributed by atoms with E-state index >= 15 is 0 Å². The first-order valence-corrected chi connectivity index (χ1v) is 11.1. The van der Waals surface area contributed by atoms with Crippen molar-refractivity contribution in [1.82, 2.24) is 0 Å². The average molecular weight is 501 g/mol. The van der Waals surface area contributed by atoms with Gasteiger partial charge in [0.1, 0.15) is 12.4 Å². The Morgan fingerprint density at radius 3 is 1.78 bits per heavy atom. The predicted octanol–water partition coefficient (Wildman–Crippen LogP) is 7.84. The molecule has 186 valence electrons. The number of hydrogen-bond acceptors (Lipinski definition) is 2. The number of halogens is 6. The number of hydrogen-bond donors (Lipinski definition) is 1. The van der Waals surface area contributed by atoms with Gasteiger partial charge in [0.25, 0.3) is 0 Å². The molecule has 0 fully saturated rings. The van der Waals surface area contributed by atoms with Gasteiger partial charge in [0.2, 0.25) is 0 Å². The Bertz CT molecular complexity index is 1360. The number of rotatable bonds is 7. The molecule has 4 rings (SSSR count). The van der Waals surface area contributed by atoms with Crippen molar-refractivity contribution < 1.29 is 31.1 Å². The van der Waals surface area contributed by atoms with Crippen molar-refractivity contribution >= 4 is 0 Å². The molecule has 0 aliphatic rings. The Kier molecular flexibility index (Phi) is 7.35. The first-order chi connectivity index (χ1) is 17.2. The molecule has 2 nitrogen and oxygen atoms in total. The van der Waals surface area contributed by atoms with E-state index in [0.717, 1.165) is 29.7 Å². The molecular formula is C28H21F6NO. The van der Waals surface area contributed by atoms with Crippen LogP contribution in [0.1, 0.15) is 30.5 Å². The number of nitrogens with two attached hydrogens (primary N) is 1. The van der Waals surface area contributed by atoms with E-state index in [1.54, 1.807) is 6.07 Å². The molecule has 4 aromatic rings. The third-order valence-electron chi connectivity index (χ3n) is 5.82. The smallest absolute Gasteiger partial charge is 0.194 e. The Hall–Kier alpha value is -3.78. The third-order valence-corrected chi connectivity index (χ3v) is 5.82. The van der Waals surface area contributed by atoms with Crippen LogP contribution >= 0.6 is 0 Å². The van der Waals surface area contributed by atoms with Crippen molar-refractivity contribution in [3.05, 3.63) is 113 Å². The monoisotopic (exact) mass is 501 g/mol. The third kappa shape index (κ3) is 5.23. The van der Waals surface area contributed by atoms with Gasteiger partial charge < -0.3 is 10.5 Å². The van der Waals surface area contributed by atoms with E-state index in [4.69, 9.17) is 10.5 Å². The van der Waals surface area contributed by atoms with Gasteiger partial charge in [-0.2, -0.15) is 0 Å². The first kappa shape index (κ1) is 25.3. The molecule has 1 unspecified atom stereocenters. The molecule has 0 bridgehead atoms. The molecule has 1 atom stereocenters. The summed E-state index contributed by atoms with van der Waals surface area (Å²) in [5.74, 6) is -8.35. The zero-order chi connectivity index (χ0) is 26.0. The zero-order valence-electron chi connectivity index (χ0n) is 19.1. The van der Waals surface area contributed by atoms with Crippen molar-refractivity contribution in [2.24, 2.45) is 5.73 Å². The Balaban J connectivity index is 1.55. The average Bonchev–Trinajstić information content (AvgIpc) is 2.86. The molecule has 36 heavy (non-hydrogen) atoms. The molecule has 0 heterocycles. The van der Waals surface area contributed by atoms with E-state index in [2.05, 4.69) is 0 Å². The summed E-state index contributed by atoms with van der Waals surface area (Å²) >= 11 is 0. The van der Waals surface area contributed by atoms with Crippen LogP contribution in [-0.4, -0.2) is 0 Å². The maximum Gasteiger partial charge on any atom is 0.194 e. The van der Waals surface area contributed by atoms with Crippen LogP contribution in [0.25, 0.3) is 22.3 Å². The van der Waals surface area contributed by atoms with Crippen molar-refractivity contribution in [3.63, 3.8) is 0 Å². The van der Waals surface area contributed by atoms with Crippen LogP contribution in [-0.2, 0) is 6.61 Å². The van der Waals surface area contributed by atoms with E-state index in [-0.39, 0.29) is 22.7 Å². The Morgan fingerprint density at radius 1 is 0.667 bits per heavy atom. The van der Waals surface area contributed by atoms with E-state index in [9.17, 15) is 26.3 Å². The topological polar surface area (TPSA) is 35.2 Å². The summed E-state index contributed by atoms with van der Waals surface area (Å²) in [5, 5.41) is 0. The summed E-state index contributed by atoms with van der Waals surface area (Å²) in [6.07, 6.45) is 0.781. The van der Waals surface area contributed by atoms with Crippen LogP contribution in [0, 0.1) is 34.9 Å². The van der Waals surface area contributed by atoms with Crippen molar-refractivity contribution in [1.29, 1.82) is 0 Å². The SMILES string of the molecule is CCC(N)c1ccc(-c2ccc(-c3cc(F)c(OCc4cc(F)c(F)c(F)c4)c(F)c3)c(F)c2)cc1. The van der Waals surface area contributed by atoms with Gasteiger partial charge in [0.05, 0.1) is 0 Å². The highest BCUT2D eigenvalue weighted by Gasteiger charge is 2.18. The molecule has 2 N–H and O–H groups in total. The van der Waals surface area contributed by atoms with Crippen molar-refractivity contribution in [2.45, 2.75) is 26.0 Å². The lowest BCUT2D eigenvalue weighted by Gasteiger charge is -2.13. The molecule has 0 radical (unpaired) electrons. The molecular weight excluding hydrogens is 480 g/mol. The highest BCUT2D eigenvalue weighted by atomic mass is 19.2. The van der Waals surface area contributed by atoms with Crippen LogP contribution in [0.15, 0.2) is 66.7 Å². The summed E-state index contributed by atoms with van der Waals surface area (Å²) in [4.78, 5) is 0. The van der Waals surface area contributed by atoms with Gasteiger partial charge in [-0.15, -0.1) is 0 Å². The summed E-state index contributed by atoms with van der Waals surface area (Å²) in [7, 11) is 0. The van der Waals surface area contributed by atoms with Gasteiger partial charge in [-0.25, -0.2) is 26.3 Å². The first-order valence-electron chi connectivity index (χ1n) is 11.1. The lowest BCUT2D eigenvalue weighted by molar-refractivity contribution is 0.272. The van der Waals surface area contributed by atoms with E-state index < -0.39 is 47.3 Å². The predicted molar refractivity (Wildman–Crippen MR) is 125 cm³/mol. The summed E-state index contributed by atoms with van der Waals surface area (Å²) in [6, 6.07) is 14.7. The largest absolute Gasteiger partial charge is 0.483 e. The van der Waals surface area contributed by atoms with Crippen LogP contribution < -0.4 is 10.5 Å². The van der Waals surface area contributed by atoms with Crippen molar-refractivity contribution in [2.75, 3.05) is 0 Å². The van der Waals surface area contributed by atoms with Crippen LogP contribution in [0.4, 0.5) is 26.3 Å². The second kappa shape index (κ2) is 10.5. The minimum atomic E-state index is -1.66. The zero-order valence-corrected chi connectivity index (χ0v) is 19.1. The summed E-state index contributed by atoms with van der Waals surface area (Å²) in [6.45, 7) is 1.36. The van der Waals surface area contributed by atoms with Gasteiger partial charge in [-0.1, -0.05) is 43.3 Å². The lowest BCUT2D eigenvalue weighted by Crippen LogP contribution is -2.08. The number of benzene rings is 4. The minimum Gasteiger partial charge on any atom is -0.483 e. The fourth-order valence-electron chi connectivity index (χ4n) is 3.79. The molecule has 0 saturated carbocycles. The normalized spacial score (nSPS) is 12.0. The standard InChI is InChI=1S/C28H21F6NO/c1-2-26(35)17-5-3-16(4-6-17)18-7-8-20(21(29)11-18)19-12-24(32)28(25(33)13-19)36-14-15-9-22(30)27(34)23(31)10-15/h3-13,26H,2,14,35H2,1H3. The molecule has 8 heteroatoms. The molecule has 4 aromatic carbocycles. The summed E-state index contributed by atoms with van der Waals surface area (Å²) in [5.41, 5.74) is 8.04. The van der Waals surface area contributed by atoms with Gasteiger partial charge in [-0.05, 0) is 64.6 Å². The van der Waals surface area contributed by atoms with Gasteiger partial charge in [-0.3, -0.25) is 0 Å². The highest BCUT2D eigenvalue weighted by molar-refractivity contribution is 5.71. The summed E-state index contributed by atoms with van der Waals surface area (Å²) < 4.78 is 89.0. The molecule has 0 spiro atoms. The van der Waals surface area contributed by atoms with E-state index in [0.29, 0.717) is 17.7 Å². The second-order valence-corrected chi connectivity index (χ2v) is 8.26. The fourth-order valence-corrected chi connectivity index (χ4v) is 3.79. The second-order valence-electron chi connectivity index (χ2n) is 8.26.